The maximum absolute atomic E-state index is 16.3. The lowest BCUT2D eigenvalue weighted by Crippen LogP contribution is -2.42. The molecule has 0 unspecified atom stereocenters. The highest BCUT2D eigenvalue weighted by Gasteiger charge is 2.45. The van der Waals surface area contributed by atoms with Crippen molar-refractivity contribution in [2.45, 2.75) is 184 Å². The first-order chi connectivity index (χ1) is 68.7. The van der Waals surface area contributed by atoms with Gasteiger partial charge in [0.2, 0.25) is 0 Å². The Balaban J connectivity index is 0.628. The fourth-order valence-electron chi connectivity index (χ4n) is 23.8. The molecule has 708 valence electrons. The van der Waals surface area contributed by atoms with Crippen LogP contribution in [0, 0.1) is 0 Å². The molecule has 0 atom stereocenters. The zero-order chi connectivity index (χ0) is 100. The van der Waals surface area contributed by atoms with E-state index in [9.17, 15) is 10.2 Å². The van der Waals surface area contributed by atoms with Crippen LogP contribution in [0.5, 0.6) is 57.5 Å². The van der Waals surface area contributed by atoms with Crippen LogP contribution in [-0.2, 0) is 21.7 Å². The fourth-order valence-corrected chi connectivity index (χ4v) is 23.8. The number of amides is 4. The van der Waals surface area contributed by atoms with E-state index < -0.39 is 23.6 Å². The number of benzene rings is 20. The molecule has 25 rings (SSSR count). The molecule has 5 aliphatic rings. The molecule has 0 radical (unpaired) electrons. The third kappa shape index (κ3) is 13.5. The Morgan fingerprint density at radius 3 is 0.632 bits per heavy atom. The first-order valence-corrected chi connectivity index (χ1v) is 50.5. The molecule has 3 aliphatic carbocycles. The molecular weight excluding hydrogens is 1770 g/mol. The van der Waals surface area contributed by atoms with E-state index in [2.05, 4.69) is 253 Å². The van der Waals surface area contributed by atoms with E-state index in [1.165, 1.54) is 9.80 Å². The number of imide groups is 2. The predicted octanol–water partition coefficient (Wildman–Crippen LogP) is 35.9. The number of phenolic OH excluding ortho intramolecular Hbond substituents is 2. The Kier molecular flexibility index (Phi) is 19.4. The monoisotopic (exact) mass is 1880 g/mol. The number of nitrogens with zero attached hydrogens (tertiary/aromatic N) is 2. The molecule has 2 heterocycles. The van der Waals surface area contributed by atoms with Gasteiger partial charge in [0, 0.05) is 43.1 Å². The van der Waals surface area contributed by atoms with E-state index in [1.807, 2.05) is 128 Å². The van der Waals surface area contributed by atoms with Crippen molar-refractivity contribution in [2.24, 2.45) is 0 Å². The Hall–Kier alpha value is -15.9. The first-order valence-electron chi connectivity index (χ1n) is 50.5. The number of hydrogen-bond donors (Lipinski definition) is 2. The number of carbonyl (C=O) groups is 4. The third-order valence-corrected chi connectivity index (χ3v) is 31.2. The number of ether oxygens (including phenoxy) is 4. The van der Waals surface area contributed by atoms with Crippen LogP contribution in [-0.4, -0.2) is 33.8 Å². The smallest absolute Gasteiger partial charge is 0.266 e. The van der Waals surface area contributed by atoms with E-state index in [1.54, 1.807) is 24.3 Å². The summed E-state index contributed by atoms with van der Waals surface area (Å²) in [6.45, 7) is 42.4. The van der Waals surface area contributed by atoms with Gasteiger partial charge in [-0.2, -0.15) is 0 Å². The molecule has 20 aromatic rings. The van der Waals surface area contributed by atoms with Crippen molar-refractivity contribution in [2.75, 3.05) is 9.80 Å². The number of rotatable bonds is 14. The van der Waals surface area contributed by atoms with Crippen LogP contribution in [0.15, 0.2) is 243 Å². The molecule has 0 fully saturated rings. The number of anilines is 2. The molecule has 144 heavy (non-hydrogen) atoms. The summed E-state index contributed by atoms with van der Waals surface area (Å²) in [5.74, 6) is 1.65. The lowest BCUT2D eigenvalue weighted by molar-refractivity contribution is 0.0877. The molecule has 20 aromatic carbocycles. The van der Waals surface area contributed by atoms with Gasteiger partial charge in [-0.25, -0.2) is 9.80 Å². The van der Waals surface area contributed by atoms with Crippen molar-refractivity contribution in [3.63, 3.8) is 0 Å². The van der Waals surface area contributed by atoms with Gasteiger partial charge in [-0.05, 0) is 367 Å². The summed E-state index contributed by atoms with van der Waals surface area (Å²) < 4.78 is 29.4. The lowest BCUT2D eigenvalue weighted by atomic mass is 9.82. The van der Waals surface area contributed by atoms with Crippen LogP contribution < -0.4 is 28.7 Å². The molecule has 2 aliphatic heterocycles. The summed E-state index contributed by atoms with van der Waals surface area (Å²) in [5.41, 5.74) is 22.1. The third-order valence-electron chi connectivity index (χ3n) is 31.2. The van der Waals surface area contributed by atoms with Crippen LogP contribution in [0.1, 0.15) is 270 Å². The Labute approximate surface area is 837 Å². The standard InChI is InChI=1S/C132H110N2O10/c1-65(2)95-57-81(135)58-96(66(3)4)123(95)133-125(137)103-61-107(141-83-33-25-77(26-34-83)129(9,10)11)117-91-45-41-87-99-53-73-49-69-21-23-71-51-75-55-101-89-43-47-93-114-94(48-44-90(112(89)114)102(101)56-76(75)52-72(71)24-22-70(69)50-74(73)54-100(99)88-42-46-92(113(91)111(87)88)118-108(62-104(126(133)138)115(103)121(117)118)142-84-35-27-78(28-36-84)130(12,13)14)120-110(144-86-39-31-80(32-40-86)132(18,19)20)64-106-116-105(63-109(119(93)122(116)120)143-85-37-29-79(30-38-85)131(15,16)17)127(139)134(128(106)140)124-97(67(5)6)59-82(136)60-98(124)68(7)8/h21-68,135-136H,1-20H3/b23-21-,24-22-,69-21?,70-22?,71-23?,72-24?. The molecule has 0 saturated carbocycles. The van der Waals surface area contributed by atoms with Crippen LogP contribution in [0.4, 0.5) is 11.4 Å². The molecule has 0 saturated heterocycles. The highest BCUT2D eigenvalue weighted by Crippen LogP contribution is 2.62. The average molecular weight is 1880 g/mol. The topological polar surface area (TPSA) is 152 Å². The van der Waals surface area contributed by atoms with Gasteiger partial charge in [-0.3, -0.25) is 19.2 Å². The second-order valence-electron chi connectivity index (χ2n) is 45.9. The van der Waals surface area contributed by atoms with Gasteiger partial charge in [0.15, 0.2) is 0 Å². The summed E-state index contributed by atoms with van der Waals surface area (Å²) in [7, 11) is 0. The Morgan fingerprint density at radius 2 is 0.431 bits per heavy atom. The molecule has 2 N–H and O–H groups in total. The second kappa shape index (κ2) is 31.3. The quantitative estimate of drug-likeness (QED) is 0.0611. The molecule has 12 heteroatoms. The minimum atomic E-state index is -0.486. The van der Waals surface area contributed by atoms with Gasteiger partial charge >= 0.3 is 0 Å². The van der Waals surface area contributed by atoms with Gasteiger partial charge < -0.3 is 29.2 Å². The van der Waals surface area contributed by atoms with Crippen molar-refractivity contribution < 1.29 is 48.3 Å². The van der Waals surface area contributed by atoms with E-state index >= 15 is 19.2 Å². The number of fused-ring (bicyclic) bond motifs is 14. The van der Waals surface area contributed by atoms with Gasteiger partial charge in [0.25, 0.3) is 23.6 Å². The van der Waals surface area contributed by atoms with E-state index in [4.69, 9.17) is 18.9 Å². The highest BCUT2D eigenvalue weighted by molar-refractivity contribution is 6.48. The van der Waals surface area contributed by atoms with Crippen molar-refractivity contribution in [3.05, 3.63) is 332 Å². The number of carbonyl (C=O) groups excluding carboxylic acids is 4. The van der Waals surface area contributed by atoms with Gasteiger partial charge in [-0.1, -0.05) is 260 Å². The highest BCUT2D eigenvalue weighted by atomic mass is 16.5. The fraction of sp³-hybridized carbons (Fsp3) is 0.212. The van der Waals surface area contributed by atoms with Crippen LogP contribution in [0.25, 0.3) is 177 Å². The molecule has 0 spiro atoms. The maximum Gasteiger partial charge on any atom is 0.266 e. The molecule has 0 aromatic heterocycles. The summed E-state index contributed by atoms with van der Waals surface area (Å²) in [6.07, 6.45) is 9.05. The normalized spacial score (nSPS) is 14.4. The largest absolute Gasteiger partial charge is 0.508 e. The number of hydrogen-bond acceptors (Lipinski definition) is 10. The molecule has 0 bridgehead atoms. The minimum Gasteiger partial charge on any atom is -0.508 e. The Morgan fingerprint density at radius 1 is 0.222 bits per heavy atom. The van der Waals surface area contributed by atoms with Crippen LogP contribution >= 0.6 is 0 Å². The van der Waals surface area contributed by atoms with E-state index in [-0.39, 0.29) is 56.8 Å². The van der Waals surface area contributed by atoms with Crippen molar-refractivity contribution in [1.29, 1.82) is 0 Å². The Bertz CT molecular complexity index is 8200. The van der Waals surface area contributed by atoms with Crippen molar-refractivity contribution in [1.82, 2.24) is 0 Å². The number of aromatic hydroxyl groups is 2. The molecule has 12 nitrogen and oxygen atoms in total. The average Bonchev–Trinajstić information content (AvgIpc) is 1.55. The van der Waals surface area contributed by atoms with Gasteiger partial charge in [0.05, 0.1) is 33.6 Å². The zero-order valence-electron chi connectivity index (χ0n) is 84.8. The molecule has 4 amide bonds. The van der Waals surface area contributed by atoms with Gasteiger partial charge in [0.1, 0.15) is 57.5 Å². The summed E-state index contributed by atoms with van der Waals surface area (Å²) in [4.78, 5) is 67.8. The summed E-state index contributed by atoms with van der Waals surface area (Å²) in [5, 5.41) is 40.3. The number of phenols is 2. The lowest BCUT2D eigenvalue weighted by Gasteiger charge is -2.33. The van der Waals surface area contributed by atoms with Crippen LogP contribution in [0.3, 0.4) is 0 Å². The van der Waals surface area contributed by atoms with E-state index in [0.717, 1.165) is 175 Å². The second-order valence-corrected chi connectivity index (χ2v) is 45.9. The SMILES string of the molecule is CC(C)c1cc(O)cc(C(C)C)c1N1C(=O)c2cc(Oc3ccc(C(C)(C)C)cc3)c3c4ccc5c6c(ccc(c7c(Oc8ccc(C(C)(C)C)cc8)cc(c2c37)C1=O)c64)-c1cc2cc3c(cc2cc1-5)/C=C\c1cc2cc4c(cc2cc1/C=C\3)-c1ccc2c3c(Oc5ccc(C(C)(C)C)cc5)cc5c6c(cc(Oc7ccc(C(C)(C)C)cc7)c(c7ccc-4c1c72)c63)C(=O)N(c1c(C(C)C)cc(O)cc1C(C)C)C5=O. The summed E-state index contributed by atoms with van der Waals surface area (Å²) >= 11 is 0. The van der Waals surface area contributed by atoms with Crippen molar-refractivity contribution >= 4 is 167 Å². The molecular formula is C132H110N2O10. The zero-order valence-corrected chi connectivity index (χ0v) is 84.8. The summed E-state index contributed by atoms with van der Waals surface area (Å²) in [6, 6.07) is 83.6. The van der Waals surface area contributed by atoms with E-state index in [0.29, 0.717) is 123 Å². The van der Waals surface area contributed by atoms with Crippen molar-refractivity contribution in [3.8, 4) is 102 Å². The predicted molar refractivity (Wildman–Crippen MR) is 593 cm³/mol. The first kappa shape index (κ1) is 89.4. The maximum atomic E-state index is 16.3. The van der Waals surface area contributed by atoms with Crippen LogP contribution in [0.2, 0.25) is 0 Å². The van der Waals surface area contributed by atoms with Gasteiger partial charge in [-0.15, -0.1) is 0 Å². The minimum absolute atomic E-state index is 0.0665.